The molecule has 6 atom stereocenters. The van der Waals surface area contributed by atoms with E-state index in [1.807, 2.05) is 19.1 Å². The third-order valence-electron chi connectivity index (χ3n) is 7.61. The monoisotopic (exact) mass is 423 g/mol. The minimum atomic E-state index is -0.863. The Bertz CT molecular complexity index is 1000. The van der Waals surface area contributed by atoms with Crippen LogP contribution >= 0.6 is 0 Å². The summed E-state index contributed by atoms with van der Waals surface area (Å²) in [6.45, 7) is 2.02. The summed E-state index contributed by atoms with van der Waals surface area (Å²) in [5, 5.41) is 0. The van der Waals surface area contributed by atoms with Crippen LogP contribution in [-0.2, 0) is 9.53 Å². The summed E-state index contributed by atoms with van der Waals surface area (Å²) in [6, 6.07) is 7.75. The van der Waals surface area contributed by atoms with Crippen LogP contribution in [0.2, 0.25) is 0 Å². The molecule has 1 aliphatic heterocycles. The normalized spacial score (nSPS) is 32.5. The molecule has 5 rings (SSSR count). The zero-order chi connectivity index (χ0) is 21.5. The van der Waals surface area contributed by atoms with Gasteiger partial charge in [0.05, 0.1) is 11.6 Å². The third kappa shape index (κ3) is 3.68. The molecule has 5 heteroatoms. The topological polar surface area (TPSA) is 39.2 Å². The van der Waals surface area contributed by atoms with Crippen LogP contribution in [-0.4, -0.2) is 17.1 Å². The van der Waals surface area contributed by atoms with E-state index in [-0.39, 0.29) is 29.5 Å². The highest BCUT2D eigenvalue weighted by Gasteiger charge is 2.53. The molecule has 162 valence electrons. The van der Waals surface area contributed by atoms with Crippen LogP contribution < -0.4 is 0 Å². The van der Waals surface area contributed by atoms with E-state index in [4.69, 9.17) is 4.74 Å². The third-order valence-corrected chi connectivity index (χ3v) is 7.61. The van der Waals surface area contributed by atoms with Crippen molar-refractivity contribution >= 4 is 12.0 Å². The fourth-order valence-electron chi connectivity index (χ4n) is 6.19. The zero-order valence-corrected chi connectivity index (χ0v) is 17.6. The molecule has 0 radical (unpaired) electrons. The number of nitrogens with zero attached hydrogens (tertiary/aromatic N) is 1. The number of hydrogen-bond acceptors (Lipinski definition) is 3. The molecule has 2 aromatic rings. The molecule has 1 aromatic carbocycles. The maximum absolute atomic E-state index is 14.1. The first kappa shape index (κ1) is 20.3. The summed E-state index contributed by atoms with van der Waals surface area (Å²) >= 11 is 0. The van der Waals surface area contributed by atoms with E-state index < -0.39 is 11.6 Å². The number of benzene rings is 1. The van der Waals surface area contributed by atoms with Crippen molar-refractivity contribution in [3.05, 3.63) is 59.9 Å². The molecule has 0 bridgehead atoms. The van der Waals surface area contributed by atoms with Crippen LogP contribution in [0.3, 0.4) is 0 Å². The van der Waals surface area contributed by atoms with E-state index in [0.717, 1.165) is 18.2 Å². The van der Waals surface area contributed by atoms with E-state index in [1.165, 1.54) is 31.7 Å². The Labute approximate surface area is 181 Å². The lowest BCUT2D eigenvalue weighted by Crippen LogP contribution is -2.42. The standard InChI is InChI=1S/C26H27F2NO2/c1-15-24-21(19-6-3-2-5-16(19)13-22(24)26(30)31-15)12-11-18-10-9-17(14-29-18)20-7-4-8-23(27)25(20)28/h4,7-12,14-16,19,21-22,24H,2-3,5-6,13H2,1H3/t15-,16+,19-,21+,22-,24+/m1/s1. The zero-order valence-electron chi connectivity index (χ0n) is 17.6. The molecular weight excluding hydrogens is 396 g/mol. The highest BCUT2D eigenvalue weighted by atomic mass is 19.2. The largest absolute Gasteiger partial charge is 0.462 e. The molecule has 0 N–H and O–H groups in total. The minimum Gasteiger partial charge on any atom is -0.462 e. The predicted octanol–water partition coefficient (Wildman–Crippen LogP) is 6.04. The number of esters is 1. The van der Waals surface area contributed by atoms with Crippen LogP contribution in [0.4, 0.5) is 8.78 Å². The summed E-state index contributed by atoms with van der Waals surface area (Å²) < 4.78 is 33.2. The van der Waals surface area contributed by atoms with Gasteiger partial charge < -0.3 is 4.74 Å². The van der Waals surface area contributed by atoms with Crippen LogP contribution in [0, 0.1) is 41.2 Å². The SMILES string of the molecule is C[C@H]1OC(=O)[C@@H]2C[C@@H]3CCCC[C@H]3[C@H](C=Cc3ccc(-c4cccc(F)c4F)cn3)[C@H]12. The van der Waals surface area contributed by atoms with Gasteiger partial charge in [0.1, 0.15) is 6.10 Å². The molecule has 1 aromatic heterocycles. The lowest BCUT2D eigenvalue weighted by Gasteiger charge is -2.45. The summed E-state index contributed by atoms with van der Waals surface area (Å²) in [5.74, 6) is -0.0364. The number of rotatable bonds is 3. The highest BCUT2D eigenvalue weighted by Crippen LogP contribution is 2.53. The van der Waals surface area contributed by atoms with Gasteiger partial charge in [-0.05, 0) is 55.7 Å². The van der Waals surface area contributed by atoms with Crippen molar-refractivity contribution in [2.45, 2.75) is 45.1 Å². The van der Waals surface area contributed by atoms with Gasteiger partial charge in [0.2, 0.25) is 0 Å². The van der Waals surface area contributed by atoms with Gasteiger partial charge in [-0.2, -0.15) is 0 Å². The number of aromatic nitrogens is 1. The number of carbonyl (C=O) groups excluding carboxylic acids is 1. The van der Waals surface area contributed by atoms with Gasteiger partial charge in [0, 0.05) is 23.2 Å². The second kappa shape index (κ2) is 8.18. The van der Waals surface area contributed by atoms with Crippen LogP contribution in [0.5, 0.6) is 0 Å². The van der Waals surface area contributed by atoms with E-state index in [1.54, 1.807) is 18.3 Å². The van der Waals surface area contributed by atoms with Crippen molar-refractivity contribution in [1.82, 2.24) is 4.98 Å². The molecule has 0 spiro atoms. The minimum absolute atomic E-state index is 0.00953. The average molecular weight is 424 g/mol. The molecular formula is C26H27F2NO2. The smallest absolute Gasteiger partial charge is 0.309 e. The van der Waals surface area contributed by atoms with Gasteiger partial charge in [-0.15, -0.1) is 0 Å². The van der Waals surface area contributed by atoms with Crippen LogP contribution in [0.25, 0.3) is 17.2 Å². The maximum atomic E-state index is 14.1. The number of halogens is 2. The summed E-state index contributed by atoms with van der Waals surface area (Å²) in [6.07, 6.45) is 11.6. The highest BCUT2D eigenvalue weighted by molar-refractivity contribution is 5.75. The molecule has 31 heavy (non-hydrogen) atoms. The van der Waals surface area contributed by atoms with E-state index in [9.17, 15) is 13.6 Å². The quantitative estimate of drug-likeness (QED) is 0.565. The Morgan fingerprint density at radius 2 is 1.97 bits per heavy atom. The lowest BCUT2D eigenvalue weighted by molar-refractivity contribution is -0.144. The number of ether oxygens (including phenoxy) is 1. The van der Waals surface area contributed by atoms with Crippen molar-refractivity contribution in [1.29, 1.82) is 0 Å². The van der Waals surface area contributed by atoms with E-state index in [0.29, 0.717) is 23.3 Å². The van der Waals surface area contributed by atoms with Gasteiger partial charge in [-0.1, -0.05) is 43.5 Å². The molecule has 3 aliphatic rings. The fraction of sp³-hybridized carbons (Fsp3) is 0.462. The van der Waals surface area contributed by atoms with Gasteiger partial charge in [0.15, 0.2) is 11.6 Å². The number of allylic oxidation sites excluding steroid dienone is 1. The van der Waals surface area contributed by atoms with Crippen LogP contribution in [0.1, 0.15) is 44.7 Å². The second-order valence-corrected chi connectivity index (χ2v) is 9.28. The summed E-state index contributed by atoms with van der Waals surface area (Å²) in [4.78, 5) is 16.9. The lowest BCUT2D eigenvalue weighted by atomic mass is 9.57. The molecule has 3 nitrogen and oxygen atoms in total. The molecule has 3 fully saturated rings. The van der Waals surface area contributed by atoms with Crippen molar-refractivity contribution in [3.63, 3.8) is 0 Å². The predicted molar refractivity (Wildman–Crippen MR) is 115 cm³/mol. The Morgan fingerprint density at radius 1 is 1.13 bits per heavy atom. The first-order valence-electron chi connectivity index (χ1n) is 11.3. The van der Waals surface area contributed by atoms with Gasteiger partial charge in [-0.3, -0.25) is 9.78 Å². The Kier molecular flexibility index (Phi) is 5.37. The van der Waals surface area contributed by atoms with Crippen molar-refractivity contribution in [2.75, 3.05) is 0 Å². The van der Waals surface area contributed by atoms with Crippen molar-refractivity contribution in [3.8, 4) is 11.1 Å². The summed E-state index contributed by atoms with van der Waals surface area (Å²) in [7, 11) is 0. The van der Waals surface area contributed by atoms with Gasteiger partial charge >= 0.3 is 5.97 Å². The first-order chi connectivity index (χ1) is 15.0. The summed E-state index contributed by atoms with van der Waals surface area (Å²) in [5.41, 5.74) is 1.52. The number of pyridine rings is 1. The Morgan fingerprint density at radius 3 is 2.77 bits per heavy atom. The molecule has 0 unspecified atom stereocenters. The van der Waals surface area contributed by atoms with E-state index >= 15 is 0 Å². The number of hydrogen-bond donors (Lipinski definition) is 0. The average Bonchev–Trinajstić information content (AvgIpc) is 3.07. The van der Waals surface area contributed by atoms with Gasteiger partial charge in [-0.25, -0.2) is 8.78 Å². The molecule has 2 saturated carbocycles. The molecule has 1 saturated heterocycles. The second-order valence-electron chi connectivity index (χ2n) is 9.28. The fourth-order valence-corrected chi connectivity index (χ4v) is 6.19. The molecule has 2 heterocycles. The Balaban J connectivity index is 1.40. The first-order valence-corrected chi connectivity index (χ1v) is 11.3. The number of fused-ring (bicyclic) bond motifs is 2. The van der Waals surface area contributed by atoms with E-state index in [2.05, 4.69) is 11.1 Å². The maximum Gasteiger partial charge on any atom is 0.309 e. The van der Waals surface area contributed by atoms with Crippen molar-refractivity contribution in [2.24, 2.45) is 29.6 Å². The molecule has 2 aliphatic carbocycles. The molecule has 0 amide bonds. The number of carbonyl (C=O) groups is 1. The number of cyclic esters (lactones) is 1. The van der Waals surface area contributed by atoms with Crippen molar-refractivity contribution < 1.29 is 18.3 Å². The Hall–Kier alpha value is -2.56. The van der Waals surface area contributed by atoms with Gasteiger partial charge in [0.25, 0.3) is 0 Å². The van der Waals surface area contributed by atoms with Crippen LogP contribution in [0.15, 0.2) is 42.6 Å².